The monoisotopic (exact) mass is 411 g/mol. The Balaban J connectivity index is 1.43. The number of hydrogen-bond acceptors (Lipinski definition) is 4. The highest BCUT2D eigenvalue weighted by Crippen LogP contribution is 2.35. The number of likely N-dealkylation sites (tertiary alicyclic amines) is 1. The van der Waals surface area contributed by atoms with Crippen molar-refractivity contribution in [3.05, 3.63) is 64.6 Å². The van der Waals surface area contributed by atoms with Crippen LogP contribution in [0.5, 0.6) is 0 Å². The topological polar surface area (TPSA) is 38.1 Å². The highest BCUT2D eigenvalue weighted by molar-refractivity contribution is 7.99. The van der Waals surface area contributed by atoms with Gasteiger partial charge in [-0.2, -0.15) is 0 Å². The van der Waals surface area contributed by atoms with Crippen LogP contribution in [-0.2, 0) is 4.79 Å². The minimum absolute atomic E-state index is 0.200. The van der Waals surface area contributed by atoms with Gasteiger partial charge in [-0.05, 0) is 47.9 Å². The molecule has 0 saturated carbocycles. The average Bonchev–Trinajstić information content (AvgIpc) is 3.47. The van der Waals surface area contributed by atoms with Crippen molar-refractivity contribution in [1.82, 2.24) is 14.5 Å². The van der Waals surface area contributed by atoms with Crippen LogP contribution >= 0.6 is 23.1 Å². The van der Waals surface area contributed by atoms with Gasteiger partial charge in [-0.15, -0.1) is 11.3 Å². The Morgan fingerprint density at radius 3 is 2.82 bits per heavy atom. The second-order valence-electron chi connectivity index (χ2n) is 7.38. The molecule has 1 aliphatic heterocycles. The first-order chi connectivity index (χ1) is 13.6. The van der Waals surface area contributed by atoms with Crippen molar-refractivity contribution in [3.63, 3.8) is 0 Å². The van der Waals surface area contributed by atoms with Crippen LogP contribution in [0.2, 0.25) is 0 Å². The van der Waals surface area contributed by atoms with Gasteiger partial charge in [0.2, 0.25) is 5.91 Å². The van der Waals surface area contributed by atoms with E-state index in [0.29, 0.717) is 11.7 Å². The molecule has 1 unspecified atom stereocenters. The molecule has 0 radical (unpaired) electrons. The Morgan fingerprint density at radius 1 is 1.29 bits per heavy atom. The molecule has 0 spiro atoms. The van der Waals surface area contributed by atoms with Gasteiger partial charge in [0.15, 0.2) is 5.16 Å². The van der Waals surface area contributed by atoms with E-state index in [4.69, 9.17) is 0 Å². The molecule has 2 aromatic heterocycles. The van der Waals surface area contributed by atoms with Gasteiger partial charge in [0, 0.05) is 29.5 Å². The quantitative estimate of drug-likeness (QED) is 0.502. The lowest BCUT2D eigenvalue weighted by molar-refractivity contribution is -0.129. The molecular weight excluding hydrogens is 386 g/mol. The van der Waals surface area contributed by atoms with E-state index in [-0.39, 0.29) is 11.9 Å². The van der Waals surface area contributed by atoms with E-state index in [1.165, 1.54) is 22.2 Å². The van der Waals surface area contributed by atoms with Gasteiger partial charge in [-0.3, -0.25) is 9.36 Å². The summed E-state index contributed by atoms with van der Waals surface area (Å²) in [7, 11) is 0. The van der Waals surface area contributed by atoms with Gasteiger partial charge in [-0.25, -0.2) is 4.98 Å². The maximum Gasteiger partial charge on any atom is 0.233 e. The molecule has 0 bridgehead atoms. The van der Waals surface area contributed by atoms with Gasteiger partial charge >= 0.3 is 0 Å². The van der Waals surface area contributed by atoms with E-state index >= 15 is 0 Å². The Kier molecular flexibility index (Phi) is 5.87. The van der Waals surface area contributed by atoms with E-state index in [9.17, 15) is 4.79 Å². The van der Waals surface area contributed by atoms with Crippen molar-refractivity contribution in [3.8, 4) is 5.69 Å². The minimum atomic E-state index is 0.200. The molecular formula is C22H25N3OS2. The Hall–Kier alpha value is -2.05. The lowest BCUT2D eigenvalue weighted by Gasteiger charge is -2.23. The lowest BCUT2D eigenvalue weighted by atomic mass is 10.0. The zero-order valence-corrected chi connectivity index (χ0v) is 17.9. The Morgan fingerprint density at radius 2 is 2.11 bits per heavy atom. The molecule has 1 atom stereocenters. The van der Waals surface area contributed by atoms with Crippen LogP contribution in [0, 0.1) is 0 Å². The van der Waals surface area contributed by atoms with E-state index in [1.807, 2.05) is 11.1 Å². The van der Waals surface area contributed by atoms with Gasteiger partial charge in [0.05, 0.1) is 11.8 Å². The van der Waals surface area contributed by atoms with Gasteiger partial charge in [0.1, 0.15) is 0 Å². The van der Waals surface area contributed by atoms with Crippen molar-refractivity contribution >= 4 is 29.0 Å². The molecule has 1 aromatic carbocycles. The first-order valence-electron chi connectivity index (χ1n) is 9.73. The predicted molar refractivity (Wildman–Crippen MR) is 116 cm³/mol. The summed E-state index contributed by atoms with van der Waals surface area (Å²) in [6.07, 6.45) is 5.90. The number of nitrogens with zero attached hydrogens (tertiary/aromatic N) is 3. The number of imidazole rings is 1. The summed E-state index contributed by atoms with van der Waals surface area (Å²) in [5, 5.41) is 2.95. The van der Waals surface area contributed by atoms with Gasteiger partial charge in [-0.1, -0.05) is 43.8 Å². The van der Waals surface area contributed by atoms with E-state index < -0.39 is 0 Å². The largest absolute Gasteiger partial charge is 0.334 e. The van der Waals surface area contributed by atoms with E-state index in [0.717, 1.165) is 30.2 Å². The number of carbonyl (C=O) groups excluding carboxylic acids is 1. The Labute approximate surface area is 174 Å². The summed E-state index contributed by atoms with van der Waals surface area (Å²) in [5.74, 6) is 1.13. The molecule has 3 aromatic rings. The molecule has 28 heavy (non-hydrogen) atoms. The van der Waals surface area contributed by atoms with Crippen LogP contribution in [0.15, 0.2) is 59.3 Å². The molecule has 0 N–H and O–H groups in total. The van der Waals surface area contributed by atoms with E-state index in [2.05, 4.69) is 65.2 Å². The number of hydrogen-bond donors (Lipinski definition) is 0. The minimum Gasteiger partial charge on any atom is -0.334 e. The standard InChI is InChI=1S/C22H25N3OS2/c1-16(2)17-7-9-18(10-8-17)24-13-11-23-22(24)28-15-21(26)25-12-3-5-19(25)20-6-4-14-27-20/h4,6-11,13-14,16,19H,3,5,12,15H2,1-2H3. The summed E-state index contributed by atoms with van der Waals surface area (Å²) < 4.78 is 2.06. The highest BCUT2D eigenvalue weighted by Gasteiger charge is 2.30. The number of amides is 1. The summed E-state index contributed by atoms with van der Waals surface area (Å²) in [4.78, 5) is 20.7. The first kappa shape index (κ1) is 19.3. The fourth-order valence-electron chi connectivity index (χ4n) is 3.66. The fourth-order valence-corrected chi connectivity index (χ4v) is 5.40. The zero-order valence-electron chi connectivity index (χ0n) is 16.2. The average molecular weight is 412 g/mol. The van der Waals surface area contributed by atoms with Crippen molar-refractivity contribution in [1.29, 1.82) is 0 Å². The number of thioether (sulfide) groups is 1. The highest BCUT2D eigenvalue weighted by atomic mass is 32.2. The van der Waals surface area contributed by atoms with E-state index in [1.54, 1.807) is 17.5 Å². The third kappa shape index (κ3) is 4.03. The maximum atomic E-state index is 12.9. The van der Waals surface area contributed by atoms with Gasteiger partial charge < -0.3 is 4.90 Å². The third-order valence-corrected chi connectivity index (χ3v) is 7.14. The van der Waals surface area contributed by atoms with Crippen molar-refractivity contribution in [2.45, 2.75) is 43.8 Å². The van der Waals surface area contributed by atoms with Crippen LogP contribution in [0.25, 0.3) is 5.69 Å². The van der Waals surface area contributed by atoms with Crippen LogP contribution < -0.4 is 0 Å². The molecule has 1 aliphatic rings. The van der Waals surface area contributed by atoms with Crippen molar-refractivity contribution in [2.24, 2.45) is 0 Å². The molecule has 146 valence electrons. The second kappa shape index (κ2) is 8.53. The molecule has 1 saturated heterocycles. The number of rotatable bonds is 6. The first-order valence-corrected chi connectivity index (χ1v) is 11.6. The van der Waals surface area contributed by atoms with Crippen LogP contribution in [0.3, 0.4) is 0 Å². The number of aromatic nitrogens is 2. The summed E-state index contributed by atoms with van der Waals surface area (Å²) in [6.45, 7) is 5.24. The predicted octanol–water partition coefficient (Wildman–Crippen LogP) is 5.51. The molecule has 1 fully saturated rings. The molecule has 4 rings (SSSR count). The van der Waals surface area contributed by atoms with Crippen molar-refractivity contribution in [2.75, 3.05) is 12.3 Å². The van der Waals surface area contributed by atoms with Crippen LogP contribution in [0.4, 0.5) is 0 Å². The summed E-state index contributed by atoms with van der Waals surface area (Å²) >= 11 is 3.26. The van der Waals surface area contributed by atoms with Crippen LogP contribution in [-0.4, -0.2) is 32.7 Å². The number of carbonyl (C=O) groups is 1. The number of thiophene rings is 1. The smallest absolute Gasteiger partial charge is 0.233 e. The second-order valence-corrected chi connectivity index (χ2v) is 9.30. The summed E-state index contributed by atoms with van der Waals surface area (Å²) in [5.41, 5.74) is 2.40. The molecule has 4 nitrogen and oxygen atoms in total. The molecule has 6 heteroatoms. The van der Waals surface area contributed by atoms with Gasteiger partial charge in [0.25, 0.3) is 0 Å². The third-order valence-electron chi connectivity index (χ3n) is 5.21. The molecule has 1 amide bonds. The normalized spacial score (nSPS) is 16.8. The fraction of sp³-hybridized carbons (Fsp3) is 0.364. The Bertz CT molecular complexity index is 916. The van der Waals surface area contributed by atoms with Crippen LogP contribution in [0.1, 0.15) is 49.1 Å². The molecule has 0 aliphatic carbocycles. The molecule has 3 heterocycles. The zero-order chi connectivity index (χ0) is 19.5. The SMILES string of the molecule is CC(C)c1ccc(-n2ccnc2SCC(=O)N2CCCC2c2cccs2)cc1. The maximum absolute atomic E-state index is 12.9. The van der Waals surface area contributed by atoms with Crippen molar-refractivity contribution < 1.29 is 4.79 Å². The lowest BCUT2D eigenvalue weighted by Crippen LogP contribution is -2.31. The number of benzene rings is 1. The summed E-state index contributed by atoms with van der Waals surface area (Å²) in [6, 6.07) is 13.0.